The molecule has 0 amide bonds. The summed E-state index contributed by atoms with van der Waals surface area (Å²) in [5.74, 6) is -0.337. The minimum absolute atomic E-state index is 0.320. The minimum Gasteiger partial charge on any atom is -0.374 e. The molecule has 0 aliphatic carbocycles. The first-order valence-corrected chi connectivity index (χ1v) is 5.37. The molecule has 15 heavy (non-hydrogen) atoms. The first kappa shape index (κ1) is 10.3. The van der Waals surface area contributed by atoms with Crippen molar-refractivity contribution in [1.82, 2.24) is 10.2 Å². The van der Waals surface area contributed by atoms with Crippen LogP contribution in [-0.4, -0.2) is 10.2 Å². The molecule has 3 nitrogen and oxygen atoms in total. The maximum absolute atomic E-state index is 13.4. The smallest absolute Gasteiger partial charge is 0.203 e. The van der Waals surface area contributed by atoms with Crippen LogP contribution < -0.4 is 5.73 Å². The Hall–Kier alpha value is -1.20. The van der Waals surface area contributed by atoms with Gasteiger partial charge in [-0.15, -0.1) is 10.2 Å². The molecular formula is C9H7ClFN3S. The fraction of sp³-hybridized carbons (Fsp3) is 0.111. The van der Waals surface area contributed by atoms with Crippen molar-refractivity contribution in [2.24, 2.45) is 0 Å². The lowest BCUT2D eigenvalue weighted by Gasteiger charge is -2.02. The number of aromatic nitrogens is 2. The molecule has 1 aromatic heterocycles. The highest BCUT2D eigenvalue weighted by Gasteiger charge is 2.10. The molecule has 0 bridgehead atoms. The van der Waals surface area contributed by atoms with Gasteiger partial charge in [-0.3, -0.25) is 0 Å². The van der Waals surface area contributed by atoms with Gasteiger partial charge in [0.2, 0.25) is 5.13 Å². The van der Waals surface area contributed by atoms with Crippen LogP contribution in [0.2, 0.25) is 5.02 Å². The molecule has 0 aliphatic heterocycles. The van der Waals surface area contributed by atoms with E-state index in [0.29, 0.717) is 27.1 Å². The van der Waals surface area contributed by atoms with Crippen molar-refractivity contribution >= 4 is 28.1 Å². The van der Waals surface area contributed by atoms with Gasteiger partial charge in [0.25, 0.3) is 0 Å². The number of halogens is 2. The van der Waals surface area contributed by atoms with Crippen molar-refractivity contribution in [3.63, 3.8) is 0 Å². The van der Waals surface area contributed by atoms with Gasteiger partial charge >= 0.3 is 0 Å². The summed E-state index contributed by atoms with van der Waals surface area (Å²) in [5, 5.41) is 8.88. The predicted molar refractivity (Wildman–Crippen MR) is 58.5 cm³/mol. The second-order valence-corrected chi connectivity index (χ2v) is 4.41. The van der Waals surface area contributed by atoms with E-state index in [4.69, 9.17) is 17.3 Å². The molecule has 2 N–H and O–H groups in total. The van der Waals surface area contributed by atoms with E-state index in [9.17, 15) is 4.39 Å². The van der Waals surface area contributed by atoms with Crippen LogP contribution >= 0.6 is 22.9 Å². The summed E-state index contributed by atoms with van der Waals surface area (Å²) >= 11 is 7.10. The van der Waals surface area contributed by atoms with Crippen LogP contribution in [0.3, 0.4) is 0 Å². The van der Waals surface area contributed by atoms with Gasteiger partial charge in [0, 0.05) is 17.0 Å². The molecule has 1 aromatic carbocycles. The molecule has 0 radical (unpaired) electrons. The first-order chi connectivity index (χ1) is 7.16. The molecule has 1 heterocycles. The fourth-order valence-electron chi connectivity index (χ4n) is 1.19. The maximum atomic E-state index is 13.4. The van der Waals surface area contributed by atoms with Crippen LogP contribution in [0.5, 0.6) is 0 Å². The number of nitrogens with zero attached hydrogens (tertiary/aromatic N) is 2. The van der Waals surface area contributed by atoms with E-state index in [-0.39, 0.29) is 5.82 Å². The minimum atomic E-state index is -0.337. The molecule has 0 fully saturated rings. The van der Waals surface area contributed by atoms with Crippen LogP contribution in [0.4, 0.5) is 9.52 Å². The number of hydrogen-bond donors (Lipinski definition) is 1. The van der Waals surface area contributed by atoms with Crippen LogP contribution in [0, 0.1) is 5.82 Å². The Bertz CT molecular complexity index is 466. The highest BCUT2D eigenvalue weighted by atomic mass is 35.5. The van der Waals surface area contributed by atoms with E-state index >= 15 is 0 Å². The highest BCUT2D eigenvalue weighted by molar-refractivity contribution is 7.15. The van der Waals surface area contributed by atoms with Crippen molar-refractivity contribution in [2.45, 2.75) is 6.42 Å². The van der Waals surface area contributed by atoms with E-state index < -0.39 is 0 Å². The number of hydrogen-bond acceptors (Lipinski definition) is 4. The zero-order chi connectivity index (χ0) is 10.8. The van der Waals surface area contributed by atoms with Crippen LogP contribution in [0.1, 0.15) is 10.6 Å². The summed E-state index contributed by atoms with van der Waals surface area (Å²) in [6, 6.07) is 4.57. The first-order valence-electron chi connectivity index (χ1n) is 4.17. The zero-order valence-corrected chi connectivity index (χ0v) is 9.15. The van der Waals surface area contributed by atoms with Gasteiger partial charge in [-0.05, 0) is 12.1 Å². The van der Waals surface area contributed by atoms with Crippen LogP contribution in [-0.2, 0) is 6.42 Å². The standard InChI is InChI=1S/C9H7ClFN3S/c10-6-2-1-3-7(11)5(6)4-8-13-14-9(12)15-8/h1-3H,4H2,(H2,12,14). The molecule has 0 aliphatic rings. The molecule has 0 saturated carbocycles. The average Bonchev–Trinajstić information content (AvgIpc) is 2.58. The molecule has 0 unspecified atom stereocenters. The Morgan fingerprint density at radius 2 is 2.20 bits per heavy atom. The maximum Gasteiger partial charge on any atom is 0.203 e. The Balaban J connectivity index is 2.31. The van der Waals surface area contributed by atoms with Gasteiger partial charge in [-0.2, -0.15) is 0 Å². The molecule has 0 spiro atoms. The Morgan fingerprint density at radius 3 is 2.80 bits per heavy atom. The molecular weight excluding hydrogens is 237 g/mol. The van der Waals surface area contributed by atoms with Gasteiger partial charge in [-0.1, -0.05) is 29.0 Å². The lowest BCUT2D eigenvalue weighted by molar-refractivity contribution is 0.613. The van der Waals surface area contributed by atoms with Gasteiger partial charge in [0.15, 0.2) is 0 Å². The van der Waals surface area contributed by atoms with Gasteiger partial charge in [0.1, 0.15) is 10.8 Å². The monoisotopic (exact) mass is 243 g/mol. The Kier molecular flexibility index (Phi) is 2.83. The quantitative estimate of drug-likeness (QED) is 0.882. The van der Waals surface area contributed by atoms with Crippen molar-refractivity contribution in [3.05, 3.63) is 39.6 Å². The van der Waals surface area contributed by atoms with Crippen molar-refractivity contribution in [3.8, 4) is 0 Å². The second kappa shape index (κ2) is 4.12. The average molecular weight is 244 g/mol. The summed E-state index contributed by atoms with van der Waals surface area (Å²) in [6.45, 7) is 0. The summed E-state index contributed by atoms with van der Waals surface area (Å²) < 4.78 is 13.4. The van der Waals surface area contributed by atoms with Crippen LogP contribution in [0.25, 0.3) is 0 Å². The lowest BCUT2D eigenvalue weighted by atomic mass is 10.1. The summed E-state index contributed by atoms with van der Waals surface area (Å²) in [6.07, 6.45) is 0.320. The van der Waals surface area contributed by atoms with E-state index in [1.54, 1.807) is 12.1 Å². The molecule has 0 atom stereocenters. The number of rotatable bonds is 2. The third-order valence-electron chi connectivity index (χ3n) is 1.87. The van der Waals surface area contributed by atoms with Crippen molar-refractivity contribution < 1.29 is 4.39 Å². The largest absolute Gasteiger partial charge is 0.374 e. The van der Waals surface area contributed by atoms with Gasteiger partial charge < -0.3 is 5.73 Å². The topological polar surface area (TPSA) is 51.8 Å². The normalized spacial score (nSPS) is 10.5. The van der Waals surface area contributed by atoms with E-state index in [2.05, 4.69) is 10.2 Å². The molecule has 2 rings (SSSR count). The number of nitrogens with two attached hydrogens (primary N) is 1. The Morgan fingerprint density at radius 1 is 1.40 bits per heavy atom. The SMILES string of the molecule is Nc1nnc(Cc2c(F)cccc2Cl)s1. The van der Waals surface area contributed by atoms with E-state index in [1.165, 1.54) is 17.4 Å². The Labute approximate surface area is 94.7 Å². The number of nitrogen functional groups attached to an aromatic ring is 1. The van der Waals surface area contributed by atoms with E-state index in [1.807, 2.05) is 0 Å². The fourth-order valence-corrected chi connectivity index (χ4v) is 2.04. The number of benzene rings is 1. The molecule has 6 heteroatoms. The second-order valence-electron chi connectivity index (χ2n) is 2.91. The predicted octanol–water partition coefficient (Wildman–Crippen LogP) is 2.50. The van der Waals surface area contributed by atoms with Crippen molar-refractivity contribution in [1.29, 1.82) is 0 Å². The lowest BCUT2D eigenvalue weighted by Crippen LogP contribution is -1.93. The zero-order valence-electron chi connectivity index (χ0n) is 7.58. The summed E-state index contributed by atoms with van der Waals surface area (Å²) in [7, 11) is 0. The van der Waals surface area contributed by atoms with E-state index in [0.717, 1.165) is 0 Å². The highest BCUT2D eigenvalue weighted by Crippen LogP contribution is 2.23. The van der Waals surface area contributed by atoms with Crippen molar-refractivity contribution in [2.75, 3.05) is 5.73 Å². The number of anilines is 1. The summed E-state index contributed by atoms with van der Waals surface area (Å²) in [4.78, 5) is 0. The van der Waals surface area contributed by atoms with Gasteiger partial charge in [-0.25, -0.2) is 4.39 Å². The molecule has 78 valence electrons. The molecule has 2 aromatic rings. The van der Waals surface area contributed by atoms with Crippen LogP contribution in [0.15, 0.2) is 18.2 Å². The van der Waals surface area contributed by atoms with Gasteiger partial charge in [0.05, 0.1) is 0 Å². The summed E-state index contributed by atoms with van der Waals surface area (Å²) in [5.41, 5.74) is 5.85. The third-order valence-corrected chi connectivity index (χ3v) is 2.98. The third kappa shape index (κ3) is 2.24. The molecule has 0 saturated heterocycles.